The second kappa shape index (κ2) is 3.28. The molecular formula is C5H5O2. The number of carbonyl (C=O) groups excluding carboxylic acids is 2. The average molecular weight is 97.1 g/mol. The van der Waals surface area contributed by atoms with Crippen LogP contribution in [0.15, 0.2) is 12.7 Å². The Balaban J connectivity index is 3.36. The zero-order valence-electron chi connectivity index (χ0n) is 3.81. The van der Waals surface area contributed by atoms with Crippen molar-refractivity contribution in [3.63, 3.8) is 0 Å². The molecule has 0 aromatic rings. The number of hydrogen-bond donors (Lipinski definition) is 0. The summed E-state index contributed by atoms with van der Waals surface area (Å²) in [7, 11) is 0. The quantitative estimate of drug-likeness (QED) is 0.373. The second-order valence-electron chi connectivity index (χ2n) is 0.992. The first kappa shape index (κ1) is 6.08. The Morgan fingerprint density at radius 2 is 2.43 bits per heavy atom. The molecular weight excluding hydrogens is 92.1 g/mol. The van der Waals surface area contributed by atoms with Crippen LogP contribution in [0.5, 0.6) is 0 Å². The van der Waals surface area contributed by atoms with Crippen LogP contribution in [0.4, 0.5) is 0 Å². The fourth-order valence-electron chi connectivity index (χ4n) is 0.143. The molecule has 0 saturated heterocycles. The van der Waals surface area contributed by atoms with Crippen molar-refractivity contribution < 1.29 is 9.59 Å². The van der Waals surface area contributed by atoms with E-state index in [0.29, 0.717) is 0 Å². The summed E-state index contributed by atoms with van der Waals surface area (Å²) in [5, 5.41) is 0. The van der Waals surface area contributed by atoms with Crippen LogP contribution in [0.1, 0.15) is 6.42 Å². The third kappa shape index (κ3) is 2.89. The summed E-state index contributed by atoms with van der Waals surface area (Å²) < 4.78 is 0. The summed E-state index contributed by atoms with van der Waals surface area (Å²) in [4.78, 5) is 19.4. The Morgan fingerprint density at radius 1 is 1.86 bits per heavy atom. The molecule has 0 saturated carbocycles. The normalized spacial score (nSPS) is 7.43. The van der Waals surface area contributed by atoms with Crippen LogP contribution < -0.4 is 0 Å². The van der Waals surface area contributed by atoms with E-state index < -0.39 is 0 Å². The fraction of sp³-hybridized carbons (Fsp3) is 0.200. The molecule has 0 atom stereocenters. The molecule has 0 spiro atoms. The van der Waals surface area contributed by atoms with Gasteiger partial charge in [-0.15, -0.1) is 0 Å². The zero-order valence-corrected chi connectivity index (χ0v) is 3.81. The van der Waals surface area contributed by atoms with E-state index in [1.54, 1.807) is 0 Å². The second-order valence-corrected chi connectivity index (χ2v) is 0.992. The maximum absolute atomic E-state index is 10.0. The maximum atomic E-state index is 10.0. The van der Waals surface area contributed by atoms with Crippen molar-refractivity contribution in [1.29, 1.82) is 0 Å². The molecule has 0 bridgehead atoms. The zero-order chi connectivity index (χ0) is 5.70. The minimum absolute atomic E-state index is 0.163. The minimum Gasteiger partial charge on any atom is -0.294 e. The molecule has 0 heterocycles. The highest BCUT2D eigenvalue weighted by atomic mass is 16.1. The summed E-state index contributed by atoms with van der Waals surface area (Å²) in [6, 6.07) is 0. The lowest BCUT2D eigenvalue weighted by Crippen LogP contribution is -1.89. The minimum atomic E-state index is -0.282. The largest absolute Gasteiger partial charge is 0.294 e. The molecule has 0 aromatic heterocycles. The van der Waals surface area contributed by atoms with Crippen molar-refractivity contribution in [2.75, 3.05) is 0 Å². The van der Waals surface area contributed by atoms with Crippen molar-refractivity contribution in [3.8, 4) is 0 Å². The monoisotopic (exact) mass is 97.0 g/mol. The Bertz CT molecular complexity index is 94.3. The SMILES string of the molecule is C=CC(=O)C[C]=O. The molecule has 0 amide bonds. The standard InChI is InChI=1S/C5H5O2/c1-2-5(7)3-4-6/h2H,1,3H2. The Kier molecular flexibility index (Phi) is 2.85. The third-order valence-electron chi connectivity index (χ3n) is 0.474. The van der Waals surface area contributed by atoms with Crippen LogP contribution in [-0.2, 0) is 9.59 Å². The number of hydrogen-bond acceptors (Lipinski definition) is 2. The molecule has 0 aromatic carbocycles. The van der Waals surface area contributed by atoms with E-state index in [9.17, 15) is 9.59 Å². The van der Waals surface area contributed by atoms with E-state index in [4.69, 9.17) is 0 Å². The lowest BCUT2D eigenvalue weighted by Gasteiger charge is -1.74. The van der Waals surface area contributed by atoms with Gasteiger partial charge < -0.3 is 0 Å². The van der Waals surface area contributed by atoms with Gasteiger partial charge in [0, 0.05) is 0 Å². The van der Waals surface area contributed by atoms with E-state index in [1.807, 2.05) is 0 Å². The predicted molar refractivity (Wildman–Crippen MR) is 25.5 cm³/mol. The van der Waals surface area contributed by atoms with Gasteiger partial charge in [0.15, 0.2) is 5.78 Å². The lowest BCUT2D eigenvalue weighted by atomic mass is 10.3. The van der Waals surface area contributed by atoms with Crippen LogP contribution in [-0.4, -0.2) is 12.1 Å². The highest BCUT2D eigenvalue weighted by Gasteiger charge is 1.89. The van der Waals surface area contributed by atoms with Gasteiger partial charge in [0.1, 0.15) is 0 Å². The van der Waals surface area contributed by atoms with Gasteiger partial charge in [-0.05, 0) is 6.08 Å². The molecule has 1 radical (unpaired) electrons. The topological polar surface area (TPSA) is 34.1 Å². The fourth-order valence-corrected chi connectivity index (χ4v) is 0.143. The lowest BCUT2D eigenvalue weighted by molar-refractivity contribution is -0.113. The van der Waals surface area contributed by atoms with Crippen molar-refractivity contribution in [3.05, 3.63) is 12.7 Å². The van der Waals surface area contributed by atoms with E-state index in [2.05, 4.69) is 6.58 Å². The van der Waals surface area contributed by atoms with Crippen LogP contribution in [0.25, 0.3) is 0 Å². The smallest absolute Gasteiger partial charge is 0.206 e. The molecule has 0 aliphatic heterocycles. The number of allylic oxidation sites excluding steroid dienone is 1. The van der Waals surface area contributed by atoms with Gasteiger partial charge in [0.2, 0.25) is 6.29 Å². The predicted octanol–water partition coefficient (Wildman–Crippen LogP) is 0.241. The summed E-state index contributed by atoms with van der Waals surface area (Å²) in [5.41, 5.74) is 0. The van der Waals surface area contributed by atoms with E-state index in [0.717, 1.165) is 6.08 Å². The first-order chi connectivity index (χ1) is 3.31. The average Bonchev–Trinajstić information content (AvgIpc) is 1.68. The Labute approximate surface area is 41.8 Å². The van der Waals surface area contributed by atoms with Gasteiger partial charge in [0.25, 0.3) is 0 Å². The van der Waals surface area contributed by atoms with Crippen molar-refractivity contribution in [1.82, 2.24) is 0 Å². The van der Waals surface area contributed by atoms with Crippen LogP contribution >= 0.6 is 0 Å². The van der Waals surface area contributed by atoms with Gasteiger partial charge >= 0.3 is 0 Å². The summed E-state index contributed by atoms with van der Waals surface area (Å²) in [5.74, 6) is -0.282. The van der Waals surface area contributed by atoms with Gasteiger partial charge in [-0.25, -0.2) is 0 Å². The molecule has 0 unspecified atom stereocenters. The van der Waals surface area contributed by atoms with Gasteiger partial charge in [-0.1, -0.05) is 6.58 Å². The van der Waals surface area contributed by atoms with E-state index in [-0.39, 0.29) is 12.2 Å². The van der Waals surface area contributed by atoms with Gasteiger partial charge in [0.05, 0.1) is 6.42 Å². The van der Waals surface area contributed by atoms with Gasteiger partial charge in [-0.3, -0.25) is 9.59 Å². The Morgan fingerprint density at radius 3 is 2.57 bits per heavy atom. The number of rotatable bonds is 3. The molecule has 0 aliphatic rings. The number of carbonyl (C=O) groups is 1. The molecule has 7 heavy (non-hydrogen) atoms. The highest BCUT2D eigenvalue weighted by molar-refractivity contribution is 5.97. The summed E-state index contributed by atoms with van der Waals surface area (Å²) in [6.07, 6.45) is 2.39. The van der Waals surface area contributed by atoms with Crippen LogP contribution in [0, 0.1) is 0 Å². The van der Waals surface area contributed by atoms with Crippen LogP contribution in [0.2, 0.25) is 0 Å². The molecule has 2 heteroatoms. The molecule has 37 valence electrons. The maximum Gasteiger partial charge on any atom is 0.206 e. The molecule has 0 fully saturated rings. The molecule has 2 nitrogen and oxygen atoms in total. The molecule has 0 aliphatic carbocycles. The van der Waals surface area contributed by atoms with E-state index in [1.165, 1.54) is 6.29 Å². The van der Waals surface area contributed by atoms with Crippen LogP contribution in [0.3, 0.4) is 0 Å². The first-order valence-electron chi connectivity index (χ1n) is 1.81. The highest BCUT2D eigenvalue weighted by Crippen LogP contribution is 1.75. The van der Waals surface area contributed by atoms with Crippen molar-refractivity contribution in [2.45, 2.75) is 6.42 Å². The van der Waals surface area contributed by atoms with Gasteiger partial charge in [-0.2, -0.15) is 0 Å². The third-order valence-corrected chi connectivity index (χ3v) is 0.474. The summed E-state index contributed by atoms with van der Waals surface area (Å²) >= 11 is 0. The molecule has 0 N–H and O–H groups in total. The summed E-state index contributed by atoms with van der Waals surface area (Å²) in [6.45, 7) is 3.15. The Hall–Kier alpha value is -0.920. The van der Waals surface area contributed by atoms with E-state index >= 15 is 0 Å². The molecule has 0 rings (SSSR count). The van der Waals surface area contributed by atoms with Crippen molar-refractivity contribution >= 4 is 12.1 Å². The first-order valence-corrected chi connectivity index (χ1v) is 1.81. The number of ketones is 1. The van der Waals surface area contributed by atoms with Crippen molar-refractivity contribution in [2.24, 2.45) is 0 Å².